The number of nitrogens with zero attached hydrogens (tertiary/aromatic N) is 3. The second-order valence-corrected chi connectivity index (χ2v) is 4.00. The second kappa shape index (κ2) is 3.98. The zero-order chi connectivity index (χ0) is 10.8. The van der Waals surface area contributed by atoms with Crippen molar-refractivity contribution in [3.05, 3.63) is 29.7 Å². The van der Waals surface area contributed by atoms with E-state index in [-0.39, 0.29) is 0 Å². The Morgan fingerprint density at radius 1 is 1.40 bits per heavy atom. The average molecular weight is 204 g/mol. The predicted octanol–water partition coefficient (Wildman–Crippen LogP) is 1.54. The van der Waals surface area contributed by atoms with Crippen LogP contribution in [0.1, 0.15) is 25.4 Å². The van der Waals surface area contributed by atoms with Crippen molar-refractivity contribution in [1.82, 2.24) is 19.9 Å². The number of aromatic nitrogens is 3. The summed E-state index contributed by atoms with van der Waals surface area (Å²) in [6, 6.07) is 6.46. The van der Waals surface area contributed by atoms with Gasteiger partial charge in [-0.25, -0.2) is 9.50 Å². The Balaban J connectivity index is 2.27. The number of pyridine rings is 1. The van der Waals surface area contributed by atoms with Crippen LogP contribution in [0.5, 0.6) is 0 Å². The lowest BCUT2D eigenvalue weighted by atomic mass is 10.4. The second-order valence-electron chi connectivity index (χ2n) is 4.00. The molecule has 2 heterocycles. The van der Waals surface area contributed by atoms with Gasteiger partial charge in [-0.2, -0.15) is 0 Å². The van der Waals surface area contributed by atoms with Gasteiger partial charge in [0.1, 0.15) is 0 Å². The maximum Gasteiger partial charge on any atom is 0.165 e. The minimum absolute atomic E-state index is 0.456. The van der Waals surface area contributed by atoms with Crippen LogP contribution in [0.3, 0.4) is 0 Å². The largest absolute Gasteiger partial charge is 0.308 e. The first-order valence-electron chi connectivity index (χ1n) is 5.21. The molecule has 2 rings (SSSR count). The van der Waals surface area contributed by atoms with Crippen molar-refractivity contribution < 1.29 is 0 Å². The Kier molecular flexibility index (Phi) is 2.68. The van der Waals surface area contributed by atoms with E-state index in [1.54, 1.807) is 0 Å². The highest BCUT2D eigenvalue weighted by Gasteiger charge is 2.04. The molecule has 80 valence electrons. The molecule has 4 heteroatoms. The first-order chi connectivity index (χ1) is 7.16. The molecule has 0 atom stereocenters. The monoisotopic (exact) mass is 204 g/mol. The molecule has 2 aromatic rings. The summed E-state index contributed by atoms with van der Waals surface area (Å²) >= 11 is 0. The first kappa shape index (κ1) is 10.1. The maximum atomic E-state index is 4.43. The zero-order valence-corrected chi connectivity index (χ0v) is 9.36. The van der Waals surface area contributed by atoms with Crippen molar-refractivity contribution in [3.8, 4) is 0 Å². The van der Waals surface area contributed by atoms with E-state index in [1.165, 1.54) is 0 Å². The third-order valence-electron chi connectivity index (χ3n) is 2.26. The van der Waals surface area contributed by atoms with E-state index in [4.69, 9.17) is 0 Å². The summed E-state index contributed by atoms with van der Waals surface area (Å²) < 4.78 is 1.87. The molecule has 0 spiro atoms. The molecule has 0 bridgehead atoms. The fourth-order valence-electron chi connectivity index (χ4n) is 1.45. The molecule has 0 aliphatic heterocycles. The highest BCUT2D eigenvalue weighted by Crippen LogP contribution is 2.04. The zero-order valence-electron chi connectivity index (χ0n) is 9.36. The van der Waals surface area contributed by atoms with Gasteiger partial charge in [0.2, 0.25) is 0 Å². The van der Waals surface area contributed by atoms with Gasteiger partial charge in [0.05, 0.1) is 6.54 Å². The fourth-order valence-corrected chi connectivity index (χ4v) is 1.45. The summed E-state index contributed by atoms with van der Waals surface area (Å²) in [4.78, 5) is 4.43. The normalized spacial score (nSPS) is 11.5. The van der Waals surface area contributed by atoms with Crippen LogP contribution in [-0.4, -0.2) is 20.6 Å². The molecule has 0 aromatic carbocycles. The van der Waals surface area contributed by atoms with Crippen molar-refractivity contribution >= 4 is 5.65 Å². The molecule has 0 saturated carbocycles. The maximum absolute atomic E-state index is 4.43. The summed E-state index contributed by atoms with van der Waals surface area (Å²) in [7, 11) is 0. The van der Waals surface area contributed by atoms with E-state index < -0.39 is 0 Å². The molecule has 0 fully saturated rings. The van der Waals surface area contributed by atoms with Crippen LogP contribution in [0, 0.1) is 6.92 Å². The SMILES string of the molecule is Cc1cccc2nc(CNC(C)C)nn12. The molecule has 0 radical (unpaired) electrons. The molecule has 0 aliphatic carbocycles. The van der Waals surface area contributed by atoms with Crippen molar-refractivity contribution in [3.63, 3.8) is 0 Å². The fraction of sp³-hybridized carbons (Fsp3) is 0.455. The quantitative estimate of drug-likeness (QED) is 0.824. The Morgan fingerprint density at radius 2 is 2.20 bits per heavy atom. The number of aryl methyl sites for hydroxylation is 1. The van der Waals surface area contributed by atoms with Crippen molar-refractivity contribution in [1.29, 1.82) is 0 Å². The van der Waals surface area contributed by atoms with E-state index in [9.17, 15) is 0 Å². The molecule has 4 nitrogen and oxygen atoms in total. The van der Waals surface area contributed by atoms with E-state index in [1.807, 2.05) is 29.6 Å². The summed E-state index contributed by atoms with van der Waals surface area (Å²) in [5, 5.41) is 7.73. The molecule has 0 saturated heterocycles. The van der Waals surface area contributed by atoms with Gasteiger partial charge in [0.15, 0.2) is 11.5 Å². The van der Waals surface area contributed by atoms with Crippen molar-refractivity contribution in [2.24, 2.45) is 0 Å². The van der Waals surface area contributed by atoms with E-state index >= 15 is 0 Å². The number of hydrogen-bond acceptors (Lipinski definition) is 3. The molecule has 2 aromatic heterocycles. The van der Waals surface area contributed by atoms with Gasteiger partial charge in [-0.15, -0.1) is 5.10 Å². The Hall–Kier alpha value is -1.42. The van der Waals surface area contributed by atoms with Crippen LogP contribution in [-0.2, 0) is 6.54 Å². The van der Waals surface area contributed by atoms with Gasteiger partial charge in [-0.05, 0) is 19.1 Å². The van der Waals surface area contributed by atoms with Crippen LogP contribution in [0.2, 0.25) is 0 Å². The first-order valence-corrected chi connectivity index (χ1v) is 5.21. The van der Waals surface area contributed by atoms with Crippen LogP contribution in [0.4, 0.5) is 0 Å². The average Bonchev–Trinajstić information content (AvgIpc) is 2.59. The smallest absolute Gasteiger partial charge is 0.165 e. The summed E-state index contributed by atoms with van der Waals surface area (Å²) in [5.74, 6) is 0.845. The number of hydrogen-bond donors (Lipinski definition) is 1. The molecule has 0 unspecified atom stereocenters. The van der Waals surface area contributed by atoms with Crippen LogP contribution < -0.4 is 5.32 Å². The molecular formula is C11H16N4. The van der Waals surface area contributed by atoms with E-state index in [0.29, 0.717) is 6.04 Å². The van der Waals surface area contributed by atoms with Crippen molar-refractivity contribution in [2.75, 3.05) is 0 Å². The summed E-state index contributed by atoms with van der Waals surface area (Å²) in [5.41, 5.74) is 2.02. The molecule has 15 heavy (non-hydrogen) atoms. The van der Waals surface area contributed by atoms with E-state index in [0.717, 1.165) is 23.7 Å². The molecule has 0 amide bonds. The van der Waals surface area contributed by atoms with Gasteiger partial charge in [-0.1, -0.05) is 19.9 Å². The standard InChI is InChI=1S/C11H16N4/c1-8(2)12-7-10-13-11-6-4-5-9(3)15(11)14-10/h4-6,8,12H,7H2,1-3H3. The van der Waals surface area contributed by atoms with Gasteiger partial charge >= 0.3 is 0 Å². The van der Waals surface area contributed by atoms with E-state index in [2.05, 4.69) is 29.2 Å². The number of fused-ring (bicyclic) bond motifs is 1. The molecule has 1 N–H and O–H groups in total. The van der Waals surface area contributed by atoms with Crippen molar-refractivity contribution in [2.45, 2.75) is 33.4 Å². The minimum atomic E-state index is 0.456. The highest BCUT2D eigenvalue weighted by atomic mass is 15.3. The third-order valence-corrected chi connectivity index (χ3v) is 2.26. The predicted molar refractivity (Wildman–Crippen MR) is 59.7 cm³/mol. The minimum Gasteiger partial charge on any atom is -0.308 e. The molecular weight excluding hydrogens is 188 g/mol. The summed E-state index contributed by atoms with van der Waals surface area (Å²) in [6.07, 6.45) is 0. The summed E-state index contributed by atoms with van der Waals surface area (Å²) in [6.45, 7) is 6.97. The Morgan fingerprint density at radius 3 is 2.87 bits per heavy atom. The van der Waals surface area contributed by atoms with Crippen LogP contribution in [0.25, 0.3) is 5.65 Å². The number of rotatable bonds is 3. The molecule has 0 aliphatic rings. The lowest BCUT2D eigenvalue weighted by Gasteiger charge is -2.03. The lowest BCUT2D eigenvalue weighted by molar-refractivity contribution is 0.572. The van der Waals surface area contributed by atoms with Gasteiger partial charge in [0, 0.05) is 11.7 Å². The highest BCUT2D eigenvalue weighted by molar-refractivity contribution is 5.38. The van der Waals surface area contributed by atoms with Crippen LogP contribution >= 0.6 is 0 Å². The topological polar surface area (TPSA) is 42.2 Å². The van der Waals surface area contributed by atoms with Crippen LogP contribution in [0.15, 0.2) is 18.2 Å². The Bertz CT molecular complexity index is 459. The Labute approximate surface area is 89.3 Å². The van der Waals surface area contributed by atoms with Gasteiger partial charge in [0.25, 0.3) is 0 Å². The lowest BCUT2D eigenvalue weighted by Crippen LogP contribution is -2.22. The third kappa shape index (κ3) is 2.15. The number of nitrogens with one attached hydrogen (secondary N) is 1. The van der Waals surface area contributed by atoms with Gasteiger partial charge in [-0.3, -0.25) is 0 Å². The van der Waals surface area contributed by atoms with Gasteiger partial charge < -0.3 is 5.32 Å².